The molecule has 3 aromatic rings. The minimum absolute atomic E-state index is 0.288. The van der Waals surface area contributed by atoms with Crippen molar-refractivity contribution >= 4 is 29.1 Å². The fourth-order valence-corrected chi connectivity index (χ4v) is 3.02. The van der Waals surface area contributed by atoms with Gasteiger partial charge in [0.05, 0.1) is 17.2 Å². The Bertz CT molecular complexity index is 919. The van der Waals surface area contributed by atoms with Crippen molar-refractivity contribution in [2.75, 3.05) is 7.11 Å². The molecule has 8 heteroatoms. The van der Waals surface area contributed by atoms with Gasteiger partial charge in [-0.1, -0.05) is 40.5 Å². The fourth-order valence-electron chi connectivity index (χ4n) is 2.44. The molecule has 0 bridgehead atoms. The van der Waals surface area contributed by atoms with Gasteiger partial charge in [0.2, 0.25) is 5.88 Å². The van der Waals surface area contributed by atoms with Gasteiger partial charge < -0.3 is 14.6 Å². The smallest absolute Gasteiger partial charge is 0.257 e. The molecule has 0 aliphatic rings. The lowest BCUT2D eigenvalue weighted by Crippen LogP contribution is -2.23. The van der Waals surface area contributed by atoms with E-state index in [1.807, 2.05) is 6.07 Å². The number of carbonyl (C=O) groups excluding carboxylic acids is 1. The maximum Gasteiger partial charge on any atom is 0.257 e. The highest BCUT2D eigenvalue weighted by atomic mass is 35.5. The SMILES string of the molecule is COc1ccc(CNC(=O)c2c(-c3c(Cl)cccc3Cl)noc2C)cn1. The second kappa shape index (κ2) is 7.76. The number of methoxy groups -OCH3 is 1. The van der Waals surface area contributed by atoms with Crippen LogP contribution in [0.2, 0.25) is 10.0 Å². The summed E-state index contributed by atoms with van der Waals surface area (Å²) >= 11 is 12.5. The Hall–Kier alpha value is -2.57. The number of benzene rings is 1. The number of carbonyl (C=O) groups is 1. The van der Waals surface area contributed by atoms with Crippen molar-refractivity contribution in [1.29, 1.82) is 0 Å². The van der Waals surface area contributed by atoms with Crippen LogP contribution in [0.5, 0.6) is 5.88 Å². The van der Waals surface area contributed by atoms with Crippen LogP contribution in [-0.2, 0) is 6.54 Å². The van der Waals surface area contributed by atoms with Gasteiger partial charge in [0, 0.05) is 24.4 Å². The van der Waals surface area contributed by atoms with E-state index in [4.69, 9.17) is 32.5 Å². The summed E-state index contributed by atoms with van der Waals surface area (Å²) in [6.45, 7) is 1.95. The molecule has 1 N–H and O–H groups in total. The molecule has 2 heterocycles. The number of nitrogens with one attached hydrogen (secondary N) is 1. The minimum atomic E-state index is -0.342. The molecule has 6 nitrogen and oxygen atoms in total. The normalized spacial score (nSPS) is 10.6. The van der Waals surface area contributed by atoms with Crippen molar-refractivity contribution in [1.82, 2.24) is 15.5 Å². The summed E-state index contributed by atoms with van der Waals surface area (Å²) in [6, 6.07) is 8.62. The van der Waals surface area contributed by atoms with E-state index in [1.165, 1.54) is 0 Å². The highest BCUT2D eigenvalue weighted by Gasteiger charge is 2.24. The molecular weight excluding hydrogens is 377 g/mol. The van der Waals surface area contributed by atoms with Gasteiger partial charge in [-0.25, -0.2) is 4.98 Å². The summed E-state index contributed by atoms with van der Waals surface area (Å²) in [7, 11) is 1.54. The van der Waals surface area contributed by atoms with Gasteiger partial charge in [-0.3, -0.25) is 4.79 Å². The van der Waals surface area contributed by atoms with Crippen LogP contribution in [0.1, 0.15) is 21.7 Å². The maximum atomic E-state index is 12.7. The largest absolute Gasteiger partial charge is 0.481 e. The zero-order valence-electron chi connectivity index (χ0n) is 14.0. The Kier molecular flexibility index (Phi) is 5.44. The first-order valence-corrected chi connectivity index (χ1v) is 8.44. The first-order chi connectivity index (χ1) is 12.5. The molecule has 0 radical (unpaired) electrons. The monoisotopic (exact) mass is 391 g/mol. The predicted octanol–water partition coefficient (Wildman–Crippen LogP) is 4.29. The lowest BCUT2D eigenvalue weighted by Gasteiger charge is -2.08. The van der Waals surface area contributed by atoms with Crippen LogP contribution in [0.4, 0.5) is 0 Å². The molecule has 0 unspecified atom stereocenters. The highest BCUT2D eigenvalue weighted by molar-refractivity contribution is 6.39. The van der Waals surface area contributed by atoms with E-state index in [9.17, 15) is 4.79 Å². The van der Waals surface area contributed by atoms with Gasteiger partial charge in [0.1, 0.15) is 17.0 Å². The van der Waals surface area contributed by atoms with Gasteiger partial charge in [-0.05, 0) is 24.6 Å². The number of aryl methyl sites for hydroxylation is 1. The number of hydrogen-bond acceptors (Lipinski definition) is 5. The molecule has 0 fully saturated rings. The van der Waals surface area contributed by atoms with E-state index in [1.54, 1.807) is 44.5 Å². The van der Waals surface area contributed by atoms with Crippen LogP contribution in [-0.4, -0.2) is 23.2 Å². The lowest BCUT2D eigenvalue weighted by molar-refractivity contribution is 0.0950. The van der Waals surface area contributed by atoms with E-state index >= 15 is 0 Å². The number of aromatic nitrogens is 2. The van der Waals surface area contributed by atoms with E-state index < -0.39 is 0 Å². The van der Waals surface area contributed by atoms with Crippen LogP contribution < -0.4 is 10.1 Å². The topological polar surface area (TPSA) is 77.2 Å². The van der Waals surface area contributed by atoms with Crippen molar-refractivity contribution in [3.8, 4) is 17.1 Å². The molecule has 1 amide bonds. The van der Waals surface area contributed by atoms with E-state index in [-0.39, 0.29) is 12.5 Å². The molecular formula is C18H15Cl2N3O3. The zero-order valence-corrected chi connectivity index (χ0v) is 15.6. The maximum absolute atomic E-state index is 12.7. The number of halogens is 2. The van der Waals surface area contributed by atoms with Crippen LogP contribution in [0.25, 0.3) is 11.3 Å². The van der Waals surface area contributed by atoms with Crippen molar-refractivity contribution in [3.05, 3.63) is 63.5 Å². The van der Waals surface area contributed by atoms with Gasteiger partial charge in [-0.15, -0.1) is 0 Å². The average Bonchev–Trinajstić information content (AvgIpc) is 3.01. The molecule has 0 saturated carbocycles. The molecule has 0 saturated heterocycles. The summed E-state index contributed by atoms with van der Waals surface area (Å²) in [5.74, 6) is 0.539. The molecule has 134 valence electrons. The predicted molar refractivity (Wildman–Crippen MR) is 98.7 cm³/mol. The third-order valence-corrected chi connectivity index (χ3v) is 4.38. The number of ether oxygens (including phenoxy) is 1. The second-order valence-electron chi connectivity index (χ2n) is 5.45. The third kappa shape index (κ3) is 3.66. The van der Waals surface area contributed by atoms with Crippen molar-refractivity contribution in [3.63, 3.8) is 0 Å². The molecule has 2 aromatic heterocycles. The summed E-state index contributed by atoms with van der Waals surface area (Å²) in [5, 5.41) is 7.57. The molecule has 0 aliphatic carbocycles. The number of nitrogens with zero attached hydrogens (tertiary/aromatic N) is 2. The Labute approximate surface area is 160 Å². The quantitative estimate of drug-likeness (QED) is 0.701. The summed E-state index contributed by atoms with van der Waals surface area (Å²) in [4.78, 5) is 16.8. The Morgan fingerprint density at radius 1 is 1.23 bits per heavy atom. The summed E-state index contributed by atoms with van der Waals surface area (Å²) in [5.41, 5.74) is 1.89. The summed E-state index contributed by atoms with van der Waals surface area (Å²) < 4.78 is 10.2. The van der Waals surface area contributed by atoms with Crippen LogP contribution >= 0.6 is 23.2 Å². The van der Waals surface area contributed by atoms with Crippen molar-refractivity contribution in [2.45, 2.75) is 13.5 Å². The Balaban J connectivity index is 1.85. The summed E-state index contributed by atoms with van der Waals surface area (Å²) in [6.07, 6.45) is 1.63. The third-order valence-electron chi connectivity index (χ3n) is 3.75. The standard InChI is InChI=1S/C18H15Cl2N3O3/c1-10-15(17(23-26-10)16-12(19)4-3-5-13(16)20)18(24)22-9-11-6-7-14(25-2)21-8-11/h3-8H,9H2,1-2H3,(H,22,24). The van der Waals surface area contributed by atoms with Crippen molar-refractivity contribution < 1.29 is 14.1 Å². The molecule has 0 spiro atoms. The van der Waals surface area contributed by atoms with E-state index in [2.05, 4.69) is 15.5 Å². The van der Waals surface area contributed by atoms with Crippen LogP contribution in [0.3, 0.4) is 0 Å². The Morgan fingerprint density at radius 2 is 1.96 bits per heavy atom. The van der Waals surface area contributed by atoms with Gasteiger partial charge in [0.25, 0.3) is 5.91 Å². The fraction of sp³-hybridized carbons (Fsp3) is 0.167. The number of pyridine rings is 1. The Morgan fingerprint density at radius 3 is 2.58 bits per heavy atom. The minimum Gasteiger partial charge on any atom is -0.481 e. The average molecular weight is 392 g/mol. The lowest BCUT2D eigenvalue weighted by atomic mass is 10.1. The second-order valence-corrected chi connectivity index (χ2v) is 6.26. The zero-order chi connectivity index (χ0) is 18.7. The van der Waals surface area contributed by atoms with Gasteiger partial charge in [-0.2, -0.15) is 0 Å². The van der Waals surface area contributed by atoms with Gasteiger partial charge >= 0.3 is 0 Å². The number of rotatable bonds is 5. The molecule has 26 heavy (non-hydrogen) atoms. The van der Waals surface area contributed by atoms with E-state index in [0.717, 1.165) is 5.56 Å². The first kappa shape index (κ1) is 18.2. The van der Waals surface area contributed by atoms with Crippen LogP contribution in [0, 0.1) is 6.92 Å². The molecule has 0 aliphatic heterocycles. The van der Waals surface area contributed by atoms with Crippen molar-refractivity contribution in [2.24, 2.45) is 0 Å². The van der Waals surface area contributed by atoms with Crippen LogP contribution in [0.15, 0.2) is 41.1 Å². The van der Waals surface area contributed by atoms with Gasteiger partial charge in [0.15, 0.2) is 0 Å². The van der Waals surface area contributed by atoms with E-state index in [0.29, 0.717) is 38.5 Å². The first-order valence-electron chi connectivity index (χ1n) is 7.69. The number of amides is 1. The molecule has 0 atom stereocenters. The highest BCUT2D eigenvalue weighted by Crippen LogP contribution is 2.36. The molecule has 3 rings (SSSR count). The molecule has 1 aromatic carbocycles. The number of hydrogen-bond donors (Lipinski definition) is 1.